The van der Waals surface area contributed by atoms with Crippen LogP contribution in [0.3, 0.4) is 0 Å². The van der Waals surface area contributed by atoms with Crippen molar-refractivity contribution in [1.29, 1.82) is 0 Å². The number of aliphatic hydroxyl groups excluding tert-OH is 1. The molecule has 1 saturated heterocycles. The standard InChI is InChI=1S/C20H22Cl2N4O2/c21-15-2-1-12(5-16(15)22)6-20(28)26-10-13-7-17(18(27)8-14(13)11-26)25-19-9-23-3-4-24-19/h1-5,9,13-14,17-18,27H,6-8,10-11H2,(H,24,25)/t13-,14+,17-,18-/m1/s1. The second-order valence-corrected chi connectivity index (χ2v) is 8.44. The predicted octanol–water partition coefficient (Wildman–Crippen LogP) is 3.04. The maximum absolute atomic E-state index is 12.8. The molecular formula is C20H22Cl2N4O2. The third kappa shape index (κ3) is 4.24. The quantitative estimate of drug-likeness (QED) is 0.794. The Morgan fingerprint density at radius 1 is 1.18 bits per heavy atom. The Labute approximate surface area is 173 Å². The lowest BCUT2D eigenvalue weighted by molar-refractivity contribution is -0.129. The first-order chi connectivity index (χ1) is 13.5. The largest absolute Gasteiger partial charge is 0.391 e. The number of benzene rings is 1. The molecule has 4 atom stereocenters. The molecule has 2 aliphatic rings. The first kappa shape index (κ1) is 19.4. The third-order valence-corrected chi connectivity index (χ3v) is 6.47. The third-order valence-electron chi connectivity index (χ3n) is 5.73. The Kier molecular flexibility index (Phi) is 5.71. The smallest absolute Gasteiger partial charge is 0.227 e. The fourth-order valence-corrected chi connectivity index (χ4v) is 4.61. The molecule has 0 unspecified atom stereocenters. The van der Waals surface area contributed by atoms with Crippen LogP contribution in [-0.2, 0) is 11.2 Å². The Bertz CT molecular complexity index is 851. The van der Waals surface area contributed by atoms with Gasteiger partial charge in [0.2, 0.25) is 5.91 Å². The number of hydrogen-bond donors (Lipinski definition) is 2. The number of carbonyl (C=O) groups excluding carboxylic acids is 1. The van der Waals surface area contributed by atoms with Gasteiger partial charge >= 0.3 is 0 Å². The van der Waals surface area contributed by atoms with Gasteiger partial charge in [-0.2, -0.15) is 0 Å². The molecule has 0 spiro atoms. The highest BCUT2D eigenvalue weighted by Gasteiger charge is 2.43. The number of anilines is 1. The first-order valence-electron chi connectivity index (χ1n) is 9.42. The molecule has 1 saturated carbocycles. The van der Waals surface area contributed by atoms with Crippen LogP contribution in [0.2, 0.25) is 10.0 Å². The molecule has 2 heterocycles. The van der Waals surface area contributed by atoms with E-state index in [1.165, 1.54) is 0 Å². The van der Waals surface area contributed by atoms with Crippen molar-refractivity contribution in [2.45, 2.75) is 31.4 Å². The number of carbonyl (C=O) groups is 1. The molecular weight excluding hydrogens is 399 g/mol. The lowest BCUT2D eigenvalue weighted by Gasteiger charge is -2.35. The van der Waals surface area contributed by atoms with Gasteiger partial charge in [0.1, 0.15) is 5.82 Å². The van der Waals surface area contributed by atoms with Gasteiger partial charge in [0.05, 0.1) is 34.8 Å². The fraction of sp³-hybridized carbons (Fsp3) is 0.450. The van der Waals surface area contributed by atoms with Crippen molar-refractivity contribution < 1.29 is 9.90 Å². The summed E-state index contributed by atoms with van der Waals surface area (Å²) >= 11 is 12.0. The van der Waals surface area contributed by atoms with Crippen LogP contribution < -0.4 is 5.32 Å². The molecule has 0 radical (unpaired) electrons. The van der Waals surface area contributed by atoms with E-state index in [4.69, 9.17) is 23.2 Å². The molecule has 1 aliphatic heterocycles. The highest BCUT2D eigenvalue weighted by atomic mass is 35.5. The number of hydrogen-bond acceptors (Lipinski definition) is 5. The molecule has 2 fully saturated rings. The Balaban J connectivity index is 1.37. The van der Waals surface area contributed by atoms with Gasteiger partial charge in [-0.3, -0.25) is 9.78 Å². The van der Waals surface area contributed by atoms with Crippen LogP contribution >= 0.6 is 23.2 Å². The van der Waals surface area contributed by atoms with E-state index in [1.807, 2.05) is 11.0 Å². The number of aromatic nitrogens is 2. The topological polar surface area (TPSA) is 78.4 Å². The van der Waals surface area contributed by atoms with Gasteiger partial charge in [0.25, 0.3) is 0 Å². The monoisotopic (exact) mass is 420 g/mol. The minimum absolute atomic E-state index is 0.0805. The van der Waals surface area contributed by atoms with E-state index in [9.17, 15) is 9.90 Å². The summed E-state index contributed by atoms with van der Waals surface area (Å²) in [7, 11) is 0. The van der Waals surface area contributed by atoms with Crippen molar-refractivity contribution in [2.24, 2.45) is 11.8 Å². The van der Waals surface area contributed by atoms with Crippen LogP contribution in [-0.4, -0.2) is 51.1 Å². The highest BCUT2D eigenvalue weighted by Crippen LogP contribution is 2.37. The fourth-order valence-electron chi connectivity index (χ4n) is 4.29. The number of rotatable bonds is 4. The second-order valence-electron chi connectivity index (χ2n) is 7.62. The number of nitrogens with one attached hydrogen (secondary N) is 1. The van der Waals surface area contributed by atoms with E-state index in [1.54, 1.807) is 30.7 Å². The number of aliphatic hydroxyl groups is 1. The van der Waals surface area contributed by atoms with E-state index in [2.05, 4.69) is 15.3 Å². The van der Waals surface area contributed by atoms with Gasteiger partial charge in [0.15, 0.2) is 0 Å². The summed E-state index contributed by atoms with van der Waals surface area (Å²) < 4.78 is 0. The van der Waals surface area contributed by atoms with Crippen LogP contribution in [0.4, 0.5) is 5.82 Å². The number of likely N-dealkylation sites (tertiary alicyclic amines) is 1. The maximum Gasteiger partial charge on any atom is 0.227 e. The van der Waals surface area contributed by atoms with E-state index in [0.717, 1.165) is 18.5 Å². The molecule has 8 heteroatoms. The van der Waals surface area contributed by atoms with Gasteiger partial charge in [-0.15, -0.1) is 0 Å². The molecule has 0 bridgehead atoms. The van der Waals surface area contributed by atoms with Crippen molar-refractivity contribution in [3.8, 4) is 0 Å². The zero-order valence-electron chi connectivity index (χ0n) is 15.3. The zero-order valence-corrected chi connectivity index (χ0v) is 16.8. The van der Waals surface area contributed by atoms with E-state index < -0.39 is 6.10 Å². The molecule has 28 heavy (non-hydrogen) atoms. The molecule has 6 nitrogen and oxygen atoms in total. The maximum atomic E-state index is 12.8. The average molecular weight is 421 g/mol. The van der Waals surface area contributed by atoms with Crippen LogP contribution in [0.5, 0.6) is 0 Å². The van der Waals surface area contributed by atoms with Crippen LogP contribution in [0, 0.1) is 11.8 Å². The predicted molar refractivity (Wildman–Crippen MR) is 108 cm³/mol. The summed E-state index contributed by atoms with van der Waals surface area (Å²) in [6.07, 6.45) is 6.22. The van der Waals surface area contributed by atoms with Crippen molar-refractivity contribution in [3.05, 3.63) is 52.4 Å². The van der Waals surface area contributed by atoms with Crippen LogP contribution in [0.1, 0.15) is 18.4 Å². The van der Waals surface area contributed by atoms with Crippen LogP contribution in [0.15, 0.2) is 36.8 Å². The van der Waals surface area contributed by atoms with Crippen molar-refractivity contribution >= 4 is 34.9 Å². The minimum atomic E-state index is -0.464. The van der Waals surface area contributed by atoms with Crippen molar-refractivity contribution in [3.63, 3.8) is 0 Å². The average Bonchev–Trinajstić information content (AvgIpc) is 3.09. The summed E-state index contributed by atoms with van der Waals surface area (Å²) in [5.74, 6) is 1.44. The summed E-state index contributed by atoms with van der Waals surface area (Å²) in [5, 5.41) is 14.8. The van der Waals surface area contributed by atoms with Gasteiger partial charge < -0.3 is 15.3 Å². The second kappa shape index (κ2) is 8.23. The lowest BCUT2D eigenvalue weighted by Crippen LogP contribution is -2.43. The number of amides is 1. The summed E-state index contributed by atoms with van der Waals surface area (Å²) in [5.41, 5.74) is 0.858. The lowest BCUT2D eigenvalue weighted by atomic mass is 9.77. The minimum Gasteiger partial charge on any atom is -0.391 e. The molecule has 4 rings (SSSR count). The summed E-state index contributed by atoms with van der Waals surface area (Å²) in [6, 6.07) is 5.22. The number of halogens is 2. The number of fused-ring (bicyclic) bond motifs is 1. The van der Waals surface area contributed by atoms with Gasteiger partial charge in [-0.25, -0.2) is 4.98 Å². The molecule has 148 valence electrons. The van der Waals surface area contributed by atoms with E-state index in [0.29, 0.717) is 47.1 Å². The van der Waals surface area contributed by atoms with E-state index >= 15 is 0 Å². The molecule has 2 aromatic rings. The zero-order chi connectivity index (χ0) is 19.7. The molecule has 2 N–H and O–H groups in total. The Morgan fingerprint density at radius 3 is 2.68 bits per heavy atom. The first-order valence-corrected chi connectivity index (χ1v) is 10.2. The summed E-state index contributed by atoms with van der Waals surface area (Å²) in [4.78, 5) is 23.0. The molecule has 1 amide bonds. The normalized spacial score (nSPS) is 26.8. The van der Waals surface area contributed by atoms with Gasteiger partial charge in [-0.1, -0.05) is 29.3 Å². The van der Waals surface area contributed by atoms with Gasteiger partial charge in [-0.05, 0) is 42.4 Å². The Hall–Kier alpha value is -1.89. The SMILES string of the molecule is O=C(Cc1ccc(Cl)c(Cl)c1)N1C[C@H]2C[C@@H](Nc3cnccn3)[C@H](O)C[C@H]2C1. The Morgan fingerprint density at radius 2 is 1.96 bits per heavy atom. The number of nitrogens with zero attached hydrogens (tertiary/aromatic N) is 3. The molecule has 1 aromatic carbocycles. The van der Waals surface area contributed by atoms with Gasteiger partial charge in [0, 0.05) is 25.5 Å². The highest BCUT2D eigenvalue weighted by molar-refractivity contribution is 6.42. The molecule has 1 aromatic heterocycles. The molecule has 1 aliphatic carbocycles. The van der Waals surface area contributed by atoms with E-state index in [-0.39, 0.29) is 11.9 Å². The summed E-state index contributed by atoms with van der Waals surface area (Å²) in [6.45, 7) is 1.41. The van der Waals surface area contributed by atoms with Crippen LogP contribution in [0.25, 0.3) is 0 Å². The van der Waals surface area contributed by atoms with Crippen molar-refractivity contribution in [2.75, 3.05) is 18.4 Å². The van der Waals surface area contributed by atoms with Crippen molar-refractivity contribution in [1.82, 2.24) is 14.9 Å².